The predicted molar refractivity (Wildman–Crippen MR) is 89.2 cm³/mol. The smallest absolute Gasteiger partial charge is 0.263 e. The average molecular weight is 293 g/mol. The molecule has 0 spiro atoms. The van der Waals surface area contributed by atoms with Crippen LogP contribution in [0.3, 0.4) is 0 Å². The molecule has 0 aliphatic heterocycles. The number of hydrogen-bond acceptors (Lipinski definition) is 3. The molecule has 2 N–H and O–H groups in total. The van der Waals surface area contributed by atoms with Crippen LogP contribution in [0.5, 0.6) is 0 Å². The van der Waals surface area contributed by atoms with Gasteiger partial charge in [-0.15, -0.1) is 0 Å². The van der Waals surface area contributed by atoms with Crippen LogP contribution in [-0.4, -0.2) is 11.4 Å². The molecule has 0 fully saturated rings. The van der Waals surface area contributed by atoms with Crippen molar-refractivity contribution in [2.24, 2.45) is 0 Å². The minimum absolute atomic E-state index is 0.0443. The van der Waals surface area contributed by atoms with E-state index in [0.29, 0.717) is 0 Å². The summed E-state index contributed by atoms with van der Waals surface area (Å²) in [5.41, 5.74) is 0.518. The van der Waals surface area contributed by atoms with E-state index >= 15 is 0 Å². The molecule has 0 saturated carbocycles. The molecule has 0 heterocycles. The number of hydrogen-bond donors (Lipinski definition) is 2. The minimum Gasteiger partial charge on any atom is -0.360 e. The number of fused-ring (bicyclic) bond motifs is 1. The Morgan fingerprint density at radius 3 is 2.50 bits per heavy atom. The molecule has 0 unspecified atom stereocenters. The first-order valence-electron chi connectivity index (χ1n) is 7.08. The van der Waals surface area contributed by atoms with Crippen molar-refractivity contribution in [1.82, 2.24) is 5.32 Å². The molecule has 0 bridgehead atoms. The highest BCUT2D eigenvalue weighted by Crippen LogP contribution is 2.23. The number of rotatable bonds is 3. The highest BCUT2D eigenvalue weighted by molar-refractivity contribution is 5.99. The van der Waals surface area contributed by atoms with Crippen LogP contribution >= 0.6 is 0 Å². The zero-order valence-corrected chi connectivity index (χ0v) is 13.0. The van der Waals surface area contributed by atoms with E-state index < -0.39 is 0 Å². The zero-order chi connectivity index (χ0) is 16.2. The number of anilines is 1. The molecular formula is C18H19N3O. The molecule has 0 aliphatic rings. The molecule has 1 amide bonds. The quantitative estimate of drug-likeness (QED) is 0.671. The third-order valence-corrected chi connectivity index (χ3v) is 3.02. The van der Waals surface area contributed by atoms with E-state index in [2.05, 4.69) is 10.6 Å². The first kappa shape index (κ1) is 15.6. The maximum Gasteiger partial charge on any atom is 0.263 e. The summed E-state index contributed by atoms with van der Waals surface area (Å²) in [6, 6.07) is 15.7. The van der Waals surface area contributed by atoms with Crippen molar-refractivity contribution in [1.29, 1.82) is 5.26 Å². The topological polar surface area (TPSA) is 64.9 Å². The van der Waals surface area contributed by atoms with Gasteiger partial charge in [-0.3, -0.25) is 4.79 Å². The van der Waals surface area contributed by atoms with Crippen LogP contribution in [0.2, 0.25) is 0 Å². The molecule has 4 nitrogen and oxygen atoms in total. The molecule has 0 radical (unpaired) electrons. The lowest BCUT2D eigenvalue weighted by Crippen LogP contribution is -2.41. The van der Waals surface area contributed by atoms with E-state index in [0.717, 1.165) is 16.5 Å². The highest BCUT2D eigenvalue weighted by Gasteiger charge is 2.17. The molecule has 22 heavy (non-hydrogen) atoms. The largest absolute Gasteiger partial charge is 0.360 e. The fourth-order valence-corrected chi connectivity index (χ4v) is 2.06. The van der Waals surface area contributed by atoms with Gasteiger partial charge in [0.25, 0.3) is 5.91 Å². The third kappa shape index (κ3) is 3.86. The van der Waals surface area contributed by atoms with Crippen LogP contribution in [0.1, 0.15) is 20.8 Å². The lowest BCUT2D eigenvalue weighted by Gasteiger charge is -2.20. The van der Waals surface area contributed by atoms with Crippen LogP contribution in [0.4, 0.5) is 5.69 Å². The van der Waals surface area contributed by atoms with Crippen molar-refractivity contribution in [3.8, 4) is 6.07 Å². The molecule has 4 heteroatoms. The van der Waals surface area contributed by atoms with E-state index in [1.165, 1.54) is 6.20 Å². The van der Waals surface area contributed by atoms with Crippen molar-refractivity contribution in [3.05, 3.63) is 54.2 Å². The highest BCUT2D eigenvalue weighted by atomic mass is 16.1. The molecule has 112 valence electrons. The summed E-state index contributed by atoms with van der Waals surface area (Å²) in [5.74, 6) is -0.386. The van der Waals surface area contributed by atoms with Gasteiger partial charge in [-0.1, -0.05) is 36.4 Å². The first-order chi connectivity index (χ1) is 10.4. The SMILES string of the molecule is CC(C)(C)NC(=O)/C(C#N)=C\Nc1cccc2ccccc12. The number of nitrogens with one attached hydrogen (secondary N) is 2. The van der Waals surface area contributed by atoms with Crippen LogP contribution in [0.15, 0.2) is 54.2 Å². The van der Waals surface area contributed by atoms with Gasteiger partial charge < -0.3 is 10.6 Å². The van der Waals surface area contributed by atoms with E-state index in [1.54, 1.807) is 0 Å². The summed E-state index contributed by atoms with van der Waals surface area (Å²) in [5, 5.41) is 17.1. The molecule has 2 rings (SSSR count). The van der Waals surface area contributed by atoms with Gasteiger partial charge in [-0.05, 0) is 32.2 Å². The van der Waals surface area contributed by atoms with Gasteiger partial charge in [0.1, 0.15) is 11.6 Å². The van der Waals surface area contributed by atoms with Gasteiger partial charge in [-0.25, -0.2) is 0 Å². The summed E-state index contributed by atoms with van der Waals surface area (Å²) in [7, 11) is 0. The minimum atomic E-state index is -0.386. The normalized spacial score (nSPS) is 11.8. The van der Waals surface area contributed by atoms with Gasteiger partial charge in [0.2, 0.25) is 0 Å². The second kappa shape index (κ2) is 6.31. The van der Waals surface area contributed by atoms with Gasteiger partial charge in [0, 0.05) is 22.8 Å². The Hall–Kier alpha value is -2.80. The lowest BCUT2D eigenvalue weighted by molar-refractivity contribution is -0.118. The number of benzene rings is 2. The molecule has 0 aromatic heterocycles. The summed E-state index contributed by atoms with van der Waals surface area (Å²) < 4.78 is 0. The van der Waals surface area contributed by atoms with E-state index in [9.17, 15) is 4.79 Å². The molecule has 0 atom stereocenters. The standard InChI is InChI=1S/C18H19N3O/c1-18(2,3)21-17(22)14(11-19)12-20-16-10-6-8-13-7-4-5-9-15(13)16/h4-10,12,20H,1-3H3,(H,21,22)/b14-12-. The van der Waals surface area contributed by atoms with Gasteiger partial charge in [0.05, 0.1) is 0 Å². The van der Waals surface area contributed by atoms with Crippen molar-refractivity contribution in [3.63, 3.8) is 0 Å². The van der Waals surface area contributed by atoms with Crippen LogP contribution in [0.25, 0.3) is 10.8 Å². The summed E-state index contributed by atoms with van der Waals surface area (Å²) in [6.45, 7) is 5.62. The second-order valence-corrected chi connectivity index (χ2v) is 6.04. The van der Waals surface area contributed by atoms with E-state index in [1.807, 2.05) is 69.3 Å². The van der Waals surface area contributed by atoms with Crippen LogP contribution < -0.4 is 10.6 Å². The Bertz CT molecular complexity index is 758. The maximum atomic E-state index is 12.0. The zero-order valence-electron chi connectivity index (χ0n) is 13.0. The van der Waals surface area contributed by atoms with E-state index in [-0.39, 0.29) is 17.0 Å². The Kier molecular flexibility index (Phi) is 4.47. The van der Waals surface area contributed by atoms with Crippen LogP contribution in [0, 0.1) is 11.3 Å². The molecule has 2 aromatic rings. The number of carbonyl (C=O) groups excluding carboxylic acids is 1. The van der Waals surface area contributed by atoms with Gasteiger partial charge in [-0.2, -0.15) is 5.26 Å². The molecule has 0 saturated heterocycles. The molecular weight excluding hydrogens is 274 g/mol. The molecule has 2 aromatic carbocycles. The third-order valence-electron chi connectivity index (χ3n) is 3.02. The van der Waals surface area contributed by atoms with Gasteiger partial charge >= 0.3 is 0 Å². The summed E-state index contributed by atoms with van der Waals surface area (Å²) in [4.78, 5) is 12.0. The Morgan fingerprint density at radius 1 is 1.14 bits per heavy atom. The number of nitrogens with zero attached hydrogens (tertiary/aromatic N) is 1. The summed E-state index contributed by atoms with van der Waals surface area (Å²) in [6.07, 6.45) is 1.45. The predicted octanol–water partition coefficient (Wildman–Crippen LogP) is 3.57. The Labute approximate surface area is 130 Å². The fraction of sp³-hybridized carbons (Fsp3) is 0.222. The van der Waals surface area contributed by atoms with Gasteiger partial charge in [0.15, 0.2) is 0 Å². The van der Waals surface area contributed by atoms with Crippen LogP contribution in [-0.2, 0) is 4.79 Å². The fourth-order valence-electron chi connectivity index (χ4n) is 2.06. The maximum absolute atomic E-state index is 12.0. The number of carbonyl (C=O) groups is 1. The summed E-state index contributed by atoms with van der Waals surface area (Å²) >= 11 is 0. The average Bonchev–Trinajstić information content (AvgIpc) is 2.46. The first-order valence-corrected chi connectivity index (χ1v) is 7.08. The Balaban J connectivity index is 2.25. The second-order valence-electron chi connectivity index (χ2n) is 6.04. The monoisotopic (exact) mass is 293 g/mol. The number of amides is 1. The van der Waals surface area contributed by atoms with Crippen molar-refractivity contribution in [2.75, 3.05) is 5.32 Å². The number of nitriles is 1. The van der Waals surface area contributed by atoms with Crippen molar-refractivity contribution < 1.29 is 4.79 Å². The molecule has 0 aliphatic carbocycles. The van der Waals surface area contributed by atoms with E-state index in [4.69, 9.17) is 5.26 Å². The van der Waals surface area contributed by atoms with Crippen molar-refractivity contribution >= 4 is 22.4 Å². The Morgan fingerprint density at radius 2 is 1.82 bits per heavy atom. The lowest BCUT2D eigenvalue weighted by atomic mass is 10.1. The van der Waals surface area contributed by atoms with Crippen molar-refractivity contribution in [2.45, 2.75) is 26.3 Å².